The molecule has 0 aliphatic heterocycles. The van der Waals surface area contributed by atoms with Gasteiger partial charge in [-0.15, -0.1) is 0 Å². The van der Waals surface area contributed by atoms with Crippen LogP contribution in [0.3, 0.4) is 0 Å². The third-order valence-electron chi connectivity index (χ3n) is 3.05. The lowest BCUT2D eigenvalue weighted by Gasteiger charge is -2.43. The van der Waals surface area contributed by atoms with Crippen LogP contribution in [0.25, 0.3) is 0 Å². The highest BCUT2D eigenvalue weighted by atomic mass is 32.2. The van der Waals surface area contributed by atoms with Gasteiger partial charge in [-0.2, -0.15) is 8.42 Å². The molecule has 78 valence electrons. The molecule has 1 atom stereocenters. The summed E-state index contributed by atoms with van der Waals surface area (Å²) in [5, 5.41) is 9.90. The molecule has 1 fully saturated rings. The third-order valence-corrected chi connectivity index (χ3v) is 4.66. The van der Waals surface area contributed by atoms with Gasteiger partial charge in [0.05, 0.1) is 0 Å². The zero-order valence-electron chi connectivity index (χ0n) is 7.95. The molecule has 0 saturated heterocycles. The van der Waals surface area contributed by atoms with Crippen LogP contribution in [-0.4, -0.2) is 23.0 Å². The molecule has 1 unspecified atom stereocenters. The molecule has 1 saturated carbocycles. The summed E-state index contributed by atoms with van der Waals surface area (Å²) in [5.74, 6) is 0. The largest absolute Gasteiger partial charge is 0.372 e. The Balaban J connectivity index is 3.13. The van der Waals surface area contributed by atoms with Crippen molar-refractivity contribution >= 4 is 10.1 Å². The van der Waals surface area contributed by atoms with E-state index in [0.717, 1.165) is 6.42 Å². The standard InChI is InChI=1S/C8H16O4S/c1-7(2)5-3-4-6-8(7,9)13(10,11)12/h9H,3-6H2,1-2H3,(H,10,11,12). The van der Waals surface area contributed by atoms with Crippen molar-refractivity contribution in [3.05, 3.63) is 0 Å². The van der Waals surface area contributed by atoms with Gasteiger partial charge in [0, 0.05) is 5.41 Å². The van der Waals surface area contributed by atoms with Crippen LogP contribution in [0, 0.1) is 5.41 Å². The Labute approximate surface area is 78.7 Å². The lowest BCUT2D eigenvalue weighted by molar-refractivity contribution is -0.0331. The fourth-order valence-corrected chi connectivity index (χ4v) is 3.15. The van der Waals surface area contributed by atoms with Gasteiger partial charge in [0.1, 0.15) is 0 Å². The van der Waals surface area contributed by atoms with Crippen LogP contribution in [0.15, 0.2) is 0 Å². The maximum atomic E-state index is 11.0. The van der Waals surface area contributed by atoms with E-state index in [-0.39, 0.29) is 6.42 Å². The Hall–Kier alpha value is -0.130. The minimum absolute atomic E-state index is 0.124. The fourth-order valence-electron chi connectivity index (χ4n) is 1.94. The normalized spacial score (nSPS) is 34.5. The van der Waals surface area contributed by atoms with E-state index >= 15 is 0 Å². The first-order valence-electron chi connectivity index (χ1n) is 4.40. The molecule has 1 aliphatic rings. The summed E-state index contributed by atoms with van der Waals surface area (Å²) in [6.45, 7) is 3.33. The molecule has 0 aromatic carbocycles. The predicted octanol–water partition coefficient (Wildman–Crippen LogP) is 1.16. The van der Waals surface area contributed by atoms with Crippen LogP contribution in [0.1, 0.15) is 39.5 Å². The van der Waals surface area contributed by atoms with Crippen LogP contribution < -0.4 is 0 Å². The van der Waals surface area contributed by atoms with E-state index in [2.05, 4.69) is 0 Å². The van der Waals surface area contributed by atoms with Crippen molar-refractivity contribution in [3.8, 4) is 0 Å². The number of rotatable bonds is 1. The number of hydrogen-bond acceptors (Lipinski definition) is 3. The molecule has 2 N–H and O–H groups in total. The summed E-state index contributed by atoms with van der Waals surface area (Å²) in [4.78, 5) is -1.96. The van der Waals surface area contributed by atoms with E-state index in [1.54, 1.807) is 13.8 Å². The minimum atomic E-state index is -4.38. The van der Waals surface area contributed by atoms with Gasteiger partial charge in [0.15, 0.2) is 4.93 Å². The molecule has 4 nitrogen and oxygen atoms in total. The molecule has 1 aliphatic carbocycles. The van der Waals surface area contributed by atoms with Crippen molar-refractivity contribution < 1.29 is 18.1 Å². The van der Waals surface area contributed by atoms with Crippen molar-refractivity contribution in [2.24, 2.45) is 5.41 Å². The van der Waals surface area contributed by atoms with E-state index in [0.29, 0.717) is 12.8 Å². The van der Waals surface area contributed by atoms with Crippen molar-refractivity contribution in [2.75, 3.05) is 0 Å². The second-order valence-corrected chi connectivity index (χ2v) is 5.98. The maximum Gasteiger partial charge on any atom is 0.295 e. The Kier molecular flexibility index (Phi) is 2.47. The van der Waals surface area contributed by atoms with Gasteiger partial charge in [-0.1, -0.05) is 20.3 Å². The lowest BCUT2D eigenvalue weighted by atomic mass is 9.74. The molecule has 0 spiro atoms. The first-order valence-corrected chi connectivity index (χ1v) is 5.84. The lowest BCUT2D eigenvalue weighted by Crippen LogP contribution is -2.52. The molecule has 0 bridgehead atoms. The molecule has 0 heterocycles. The quantitative estimate of drug-likeness (QED) is 0.634. The Morgan fingerprint density at radius 2 is 1.62 bits per heavy atom. The summed E-state index contributed by atoms with van der Waals surface area (Å²) in [6, 6.07) is 0. The number of aliphatic hydroxyl groups is 1. The van der Waals surface area contributed by atoms with Gasteiger partial charge in [0.25, 0.3) is 10.1 Å². The maximum absolute atomic E-state index is 11.0. The molecule has 0 aromatic rings. The summed E-state index contributed by atoms with van der Waals surface area (Å²) >= 11 is 0. The molecule has 0 aromatic heterocycles. The van der Waals surface area contributed by atoms with Gasteiger partial charge >= 0.3 is 0 Å². The Bertz CT molecular complexity index is 293. The minimum Gasteiger partial charge on any atom is -0.372 e. The van der Waals surface area contributed by atoms with Crippen molar-refractivity contribution in [2.45, 2.75) is 44.5 Å². The van der Waals surface area contributed by atoms with Gasteiger partial charge in [-0.05, 0) is 19.3 Å². The van der Waals surface area contributed by atoms with E-state index in [1.807, 2.05) is 0 Å². The molecular formula is C8H16O4S. The zero-order valence-corrected chi connectivity index (χ0v) is 8.76. The van der Waals surface area contributed by atoms with Gasteiger partial charge in [0.2, 0.25) is 0 Å². The molecule has 13 heavy (non-hydrogen) atoms. The highest BCUT2D eigenvalue weighted by Gasteiger charge is 2.54. The summed E-state index contributed by atoms with van der Waals surface area (Å²) in [7, 11) is -4.38. The van der Waals surface area contributed by atoms with Crippen molar-refractivity contribution in [3.63, 3.8) is 0 Å². The molecule has 0 radical (unpaired) electrons. The third kappa shape index (κ3) is 1.60. The molecule has 0 amide bonds. The predicted molar refractivity (Wildman–Crippen MR) is 48.7 cm³/mol. The summed E-state index contributed by atoms with van der Waals surface area (Å²) in [5.41, 5.74) is -0.765. The van der Waals surface area contributed by atoms with Crippen molar-refractivity contribution in [1.29, 1.82) is 0 Å². The van der Waals surface area contributed by atoms with Crippen LogP contribution in [0.5, 0.6) is 0 Å². The Morgan fingerprint density at radius 1 is 1.15 bits per heavy atom. The SMILES string of the molecule is CC1(C)CCCCC1(O)S(=O)(=O)O. The van der Waals surface area contributed by atoms with Crippen LogP contribution in [0.2, 0.25) is 0 Å². The molecule has 5 heteroatoms. The number of hydrogen-bond donors (Lipinski definition) is 2. The van der Waals surface area contributed by atoms with Gasteiger partial charge in [-0.3, -0.25) is 4.55 Å². The first-order chi connectivity index (χ1) is 5.71. The van der Waals surface area contributed by atoms with E-state index < -0.39 is 20.5 Å². The zero-order chi connectivity index (χ0) is 10.3. The van der Waals surface area contributed by atoms with Crippen LogP contribution in [-0.2, 0) is 10.1 Å². The average molecular weight is 208 g/mol. The second-order valence-electron chi connectivity index (χ2n) is 4.35. The van der Waals surface area contributed by atoms with E-state index in [4.69, 9.17) is 4.55 Å². The monoisotopic (exact) mass is 208 g/mol. The summed E-state index contributed by atoms with van der Waals surface area (Å²) in [6.07, 6.45) is 2.27. The van der Waals surface area contributed by atoms with Gasteiger partial charge < -0.3 is 5.11 Å². The van der Waals surface area contributed by atoms with E-state index in [1.165, 1.54) is 0 Å². The van der Waals surface area contributed by atoms with Crippen molar-refractivity contribution in [1.82, 2.24) is 0 Å². The van der Waals surface area contributed by atoms with Gasteiger partial charge in [-0.25, -0.2) is 0 Å². The summed E-state index contributed by atoms with van der Waals surface area (Å²) < 4.78 is 31.0. The highest BCUT2D eigenvalue weighted by molar-refractivity contribution is 7.87. The van der Waals surface area contributed by atoms with Crippen LogP contribution >= 0.6 is 0 Å². The van der Waals surface area contributed by atoms with Crippen LogP contribution in [0.4, 0.5) is 0 Å². The second kappa shape index (κ2) is 2.93. The Morgan fingerprint density at radius 3 is 1.92 bits per heavy atom. The smallest absolute Gasteiger partial charge is 0.295 e. The topological polar surface area (TPSA) is 74.6 Å². The first kappa shape index (κ1) is 10.9. The molecule has 1 rings (SSSR count). The highest BCUT2D eigenvalue weighted by Crippen LogP contribution is 2.46. The average Bonchev–Trinajstić information content (AvgIpc) is 1.93. The fraction of sp³-hybridized carbons (Fsp3) is 1.00. The van der Waals surface area contributed by atoms with E-state index in [9.17, 15) is 13.5 Å². The molecular weight excluding hydrogens is 192 g/mol.